The van der Waals surface area contributed by atoms with Crippen molar-refractivity contribution in [3.05, 3.63) is 85.1 Å². The predicted molar refractivity (Wildman–Crippen MR) is 251 cm³/mol. The number of nitrogens with two attached hydrogens (primary N) is 1. The molecule has 0 aromatic rings. The monoisotopic (exact) mass is 983 g/mol. The van der Waals surface area contributed by atoms with Gasteiger partial charge < -0.3 is 91.3 Å². The lowest BCUT2D eigenvalue weighted by atomic mass is 9.82. The van der Waals surface area contributed by atoms with Gasteiger partial charge in [-0.05, 0) is 26.2 Å². The lowest BCUT2D eigenvalue weighted by Gasteiger charge is -2.46. The van der Waals surface area contributed by atoms with Gasteiger partial charge in [0, 0.05) is 37.5 Å². The largest absolute Gasteiger partial charge is 0.462 e. The number of allylic oxidation sites excluding steroid dienone is 12. The Balaban J connectivity index is 1.92. The number of hydrogen-bond donors (Lipinski definition) is 14. The van der Waals surface area contributed by atoms with Crippen molar-refractivity contribution in [1.82, 2.24) is 5.32 Å². The van der Waals surface area contributed by atoms with Gasteiger partial charge in [0.2, 0.25) is 5.91 Å². The number of aliphatic hydroxyl groups excluding tert-OH is 11. The minimum Gasteiger partial charge on any atom is -0.462 e. The summed E-state index contributed by atoms with van der Waals surface area (Å²) in [5.74, 6) is -6.17. The van der Waals surface area contributed by atoms with Crippen molar-refractivity contribution in [2.24, 2.45) is 23.5 Å². The number of cyclic esters (lactones) is 1. The molecule has 392 valence electrons. The molecule has 0 saturated carbocycles. The molecule has 0 aliphatic carbocycles. The molecule has 2 fully saturated rings. The molecule has 69 heavy (non-hydrogen) atoms. The highest BCUT2D eigenvalue weighted by Crippen LogP contribution is 2.38. The number of esters is 1. The molecule has 1 amide bonds. The number of aliphatic hydroxyl groups is 12. The van der Waals surface area contributed by atoms with Gasteiger partial charge in [-0.2, -0.15) is 0 Å². The van der Waals surface area contributed by atoms with Crippen LogP contribution < -0.4 is 11.1 Å². The van der Waals surface area contributed by atoms with Crippen LogP contribution in [0.3, 0.4) is 0 Å². The van der Waals surface area contributed by atoms with Crippen LogP contribution in [-0.4, -0.2) is 190 Å². The third kappa shape index (κ3) is 20.6. The fraction of sp³-hybridized carbons (Fsp3) is 0.673. The van der Waals surface area contributed by atoms with Crippen molar-refractivity contribution in [1.29, 1.82) is 0 Å². The summed E-state index contributed by atoms with van der Waals surface area (Å²) in [6.07, 6.45) is 4.16. The van der Waals surface area contributed by atoms with Gasteiger partial charge in [-0.1, -0.05) is 98.9 Å². The van der Waals surface area contributed by atoms with Crippen molar-refractivity contribution in [2.75, 3.05) is 19.8 Å². The molecule has 3 heterocycles. The molecule has 20 heteroatoms. The number of nitrogens with one attached hydrogen (secondary N) is 1. The van der Waals surface area contributed by atoms with E-state index in [0.717, 1.165) is 0 Å². The Kier molecular flexibility index (Phi) is 26.3. The third-order valence-electron chi connectivity index (χ3n) is 12.5. The first-order valence-corrected chi connectivity index (χ1v) is 23.6. The topological polar surface area (TPSA) is 352 Å². The first-order chi connectivity index (χ1) is 32.7. The van der Waals surface area contributed by atoms with E-state index in [1.807, 2.05) is 13.0 Å². The second kappa shape index (κ2) is 30.4. The Morgan fingerprint density at radius 1 is 0.725 bits per heavy atom. The van der Waals surface area contributed by atoms with Crippen molar-refractivity contribution >= 4 is 11.9 Å². The molecular weight excluding hydrogens is 905 g/mol. The van der Waals surface area contributed by atoms with E-state index in [2.05, 4.69) is 5.32 Å². The zero-order chi connectivity index (χ0) is 51.3. The molecule has 3 rings (SSSR count). The molecule has 15 N–H and O–H groups in total. The summed E-state index contributed by atoms with van der Waals surface area (Å²) in [7, 11) is 0. The average molecular weight is 983 g/mol. The van der Waals surface area contributed by atoms with Crippen molar-refractivity contribution in [2.45, 2.75) is 170 Å². The van der Waals surface area contributed by atoms with Gasteiger partial charge in [-0.15, -0.1) is 0 Å². The summed E-state index contributed by atoms with van der Waals surface area (Å²) in [6, 6.07) is -2.27. The van der Waals surface area contributed by atoms with Gasteiger partial charge in [-0.25, -0.2) is 0 Å². The minimum atomic E-state index is -2.35. The second-order valence-electron chi connectivity index (χ2n) is 18.4. The molecule has 2 saturated heterocycles. The minimum absolute atomic E-state index is 0.120. The first kappa shape index (κ1) is 59.8. The molecule has 20 nitrogen and oxygen atoms in total. The van der Waals surface area contributed by atoms with Gasteiger partial charge in [0.25, 0.3) is 0 Å². The lowest BCUT2D eigenvalue weighted by molar-refractivity contribution is -0.304. The Morgan fingerprint density at radius 2 is 1.30 bits per heavy atom. The predicted octanol–water partition coefficient (Wildman–Crippen LogP) is -1.29. The van der Waals surface area contributed by atoms with Crippen LogP contribution in [0.15, 0.2) is 85.1 Å². The van der Waals surface area contributed by atoms with Crippen LogP contribution in [0.25, 0.3) is 0 Å². The van der Waals surface area contributed by atoms with Crippen LogP contribution in [0.2, 0.25) is 0 Å². The number of carbonyl (C=O) groups is 2. The highest BCUT2D eigenvalue weighted by atomic mass is 16.7. The maximum Gasteiger partial charge on any atom is 0.308 e. The molecule has 0 radical (unpaired) electrons. The van der Waals surface area contributed by atoms with E-state index >= 15 is 0 Å². The highest BCUT2D eigenvalue weighted by molar-refractivity contribution is 5.80. The fourth-order valence-corrected chi connectivity index (χ4v) is 8.19. The highest BCUT2D eigenvalue weighted by Gasteiger charge is 2.51. The molecular formula is C49H78N2O18. The van der Waals surface area contributed by atoms with Crippen LogP contribution in [-0.2, 0) is 28.5 Å². The number of carbonyl (C=O) groups excluding carboxylic acids is 2. The quantitative estimate of drug-likeness (QED) is 0.138. The Labute approximate surface area is 404 Å². The van der Waals surface area contributed by atoms with Crippen molar-refractivity contribution < 1.29 is 89.8 Å². The fourth-order valence-electron chi connectivity index (χ4n) is 8.19. The number of amides is 1. The van der Waals surface area contributed by atoms with E-state index in [1.165, 1.54) is 6.08 Å². The summed E-state index contributed by atoms with van der Waals surface area (Å²) in [5, 5.41) is 131. The summed E-state index contributed by atoms with van der Waals surface area (Å²) in [4.78, 5) is 26.3. The molecule has 0 spiro atoms. The van der Waals surface area contributed by atoms with Gasteiger partial charge in [0.15, 0.2) is 12.1 Å². The SMILES string of the molecule is C[C@@H]1[C@H](O)[C@@H](C)/C=C/C=C/C=C/C=C/C=C/C=C/C=C/C(O[C@@H]2OC[C@@H](O)[C@H](N)[C@H]2O)C[C@@H]2OC(O)(CC(O)CC(O)C(O)CCC(O)CC(O)CC(=O)O[C@H]1C)C[C@H](O)[C@H]2C(=O)NC(CO)CO. The molecule has 0 aromatic carbocycles. The average Bonchev–Trinajstić information content (AvgIpc) is 3.28. The Hall–Kier alpha value is -3.52. The maximum absolute atomic E-state index is 13.7. The van der Waals surface area contributed by atoms with Crippen LogP contribution in [0.5, 0.6) is 0 Å². The standard InChI is InChI=1S/C49H78N2O18/c1-29-16-14-12-10-8-6-4-5-7-9-11-13-15-17-36(68-48-46(63)44(50)40(60)28-66-48)23-41-43(47(64)51-32(26-52)27-53)39(59)25-49(65,69-41)24-35(56)21-38(58)37(57)19-18-33(54)20-34(55)22-42(61)67-31(3)30(2)45(29)62/h4-17,29-41,43-46,48,52-60,62-63,65H,18-28,50H2,1-3H3,(H,51,64)/b5-4+,8-6+,9-7+,12-10+,13-11+,16-14+,17-15+/t29-,30-,31-,33?,34?,35?,36?,37?,38?,39-,40+,41-,43+,44-,45+,46+,48-,49?/m0/s1. The van der Waals surface area contributed by atoms with E-state index in [0.29, 0.717) is 0 Å². The van der Waals surface area contributed by atoms with Crippen LogP contribution in [0.4, 0.5) is 0 Å². The van der Waals surface area contributed by atoms with Crippen LogP contribution in [0.1, 0.15) is 72.1 Å². The number of ether oxygens (including phenoxy) is 4. The van der Waals surface area contributed by atoms with E-state index in [4.69, 9.17) is 24.7 Å². The van der Waals surface area contributed by atoms with Gasteiger partial charge >= 0.3 is 5.97 Å². The normalized spacial score (nSPS) is 42.5. The number of rotatable bonds is 6. The zero-order valence-corrected chi connectivity index (χ0v) is 39.6. The lowest BCUT2D eigenvalue weighted by Crippen LogP contribution is -2.60. The summed E-state index contributed by atoms with van der Waals surface area (Å²) in [5.41, 5.74) is 5.98. The molecule has 7 unspecified atom stereocenters. The molecule has 2 bridgehead atoms. The molecule has 3 aliphatic heterocycles. The van der Waals surface area contributed by atoms with E-state index in [1.54, 1.807) is 86.8 Å². The third-order valence-corrected chi connectivity index (χ3v) is 12.5. The molecule has 18 atom stereocenters. The smallest absolute Gasteiger partial charge is 0.308 e. The molecule has 3 aliphatic rings. The summed E-state index contributed by atoms with van der Waals surface area (Å²) < 4.78 is 23.2. The Morgan fingerprint density at radius 3 is 1.90 bits per heavy atom. The van der Waals surface area contributed by atoms with Gasteiger partial charge in [-0.3, -0.25) is 9.59 Å². The van der Waals surface area contributed by atoms with Crippen LogP contribution in [0, 0.1) is 17.8 Å². The van der Waals surface area contributed by atoms with Crippen molar-refractivity contribution in [3.8, 4) is 0 Å². The Bertz CT molecular complexity index is 1740. The number of hydrogen-bond acceptors (Lipinski definition) is 19. The van der Waals surface area contributed by atoms with E-state index in [9.17, 15) is 70.9 Å². The maximum atomic E-state index is 13.7. The number of fused-ring (bicyclic) bond motifs is 2. The van der Waals surface area contributed by atoms with Gasteiger partial charge in [0.1, 0.15) is 12.2 Å². The summed E-state index contributed by atoms with van der Waals surface area (Å²) in [6.45, 7) is 3.62. The van der Waals surface area contributed by atoms with Gasteiger partial charge in [0.05, 0.1) is 105 Å². The second-order valence-corrected chi connectivity index (χ2v) is 18.4. The molecule has 0 aromatic heterocycles. The van der Waals surface area contributed by atoms with E-state index < -0.39 is 160 Å². The zero-order valence-electron chi connectivity index (χ0n) is 39.6. The van der Waals surface area contributed by atoms with Crippen molar-refractivity contribution in [3.63, 3.8) is 0 Å². The summed E-state index contributed by atoms with van der Waals surface area (Å²) >= 11 is 0. The first-order valence-electron chi connectivity index (χ1n) is 23.6. The van der Waals surface area contributed by atoms with Crippen LogP contribution >= 0.6 is 0 Å². The van der Waals surface area contributed by atoms with E-state index in [-0.39, 0.29) is 38.2 Å².